The molecular formula is C20H26N4O2. The van der Waals surface area contributed by atoms with Crippen LogP contribution in [0, 0.1) is 16.7 Å². The first-order valence-corrected chi connectivity index (χ1v) is 8.94. The number of hydrogen-bond acceptors (Lipinski definition) is 5. The fourth-order valence-electron chi connectivity index (χ4n) is 3.20. The SMILES string of the molecule is CC.COC(=O)C1(CC#N)CCN(c2ccn(Cc3ccccc3)n2)C1. The largest absolute Gasteiger partial charge is 0.469 e. The number of rotatable bonds is 5. The first-order chi connectivity index (χ1) is 12.7. The highest BCUT2D eigenvalue weighted by Crippen LogP contribution is 2.36. The minimum absolute atomic E-state index is 0.168. The highest BCUT2D eigenvalue weighted by atomic mass is 16.5. The van der Waals surface area contributed by atoms with Gasteiger partial charge in [0, 0.05) is 25.4 Å². The van der Waals surface area contributed by atoms with Crippen molar-refractivity contribution >= 4 is 11.8 Å². The molecule has 0 spiro atoms. The highest BCUT2D eigenvalue weighted by Gasteiger charge is 2.46. The molecular weight excluding hydrogens is 328 g/mol. The van der Waals surface area contributed by atoms with E-state index in [0.717, 1.165) is 5.82 Å². The number of aromatic nitrogens is 2. The van der Waals surface area contributed by atoms with Crippen LogP contribution >= 0.6 is 0 Å². The van der Waals surface area contributed by atoms with Gasteiger partial charge in [0.1, 0.15) is 5.41 Å². The smallest absolute Gasteiger partial charge is 0.314 e. The van der Waals surface area contributed by atoms with Gasteiger partial charge in [0.05, 0.1) is 26.1 Å². The Labute approximate surface area is 155 Å². The first kappa shape index (κ1) is 19.5. The molecule has 1 aromatic carbocycles. The third-order valence-corrected chi connectivity index (χ3v) is 4.53. The van der Waals surface area contributed by atoms with Gasteiger partial charge in [-0.15, -0.1) is 0 Å². The molecule has 1 aromatic heterocycles. The molecule has 6 nitrogen and oxygen atoms in total. The minimum Gasteiger partial charge on any atom is -0.469 e. The molecule has 0 aliphatic carbocycles. The van der Waals surface area contributed by atoms with Gasteiger partial charge in [0.2, 0.25) is 0 Å². The van der Waals surface area contributed by atoms with E-state index in [4.69, 9.17) is 10.00 Å². The number of carbonyl (C=O) groups is 1. The lowest BCUT2D eigenvalue weighted by Crippen LogP contribution is -2.35. The Bertz CT molecular complexity index is 751. The molecule has 138 valence electrons. The van der Waals surface area contributed by atoms with Crippen molar-refractivity contribution < 1.29 is 9.53 Å². The lowest BCUT2D eigenvalue weighted by atomic mass is 9.84. The van der Waals surface area contributed by atoms with Crippen molar-refractivity contribution in [2.75, 3.05) is 25.1 Å². The Morgan fingerprint density at radius 2 is 2.04 bits per heavy atom. The molecule has 0 amide bonds. The van der Waals surface area contributed by atoms with E-state index in [-0.39, 0.29) is 12.4 Å². The maximum Gasteiger partial charge on any atom is 0.314 e. The number of nitrogens with zero attached hydrogens (tertiary/aromatic N) is 4. The number of carbonyl (C=O) groups excluding carboxylic acids is 1. The second kappa shape index (κ2) is 9.04. The molecule has 26 heavy (non-hydrogen) atoms. The number of hydrogen-bond donors (Lipinski definition) is 0. The molecule has 3 rings (SSSR count). The number of anilines is 1. The topological polar surface area (TPSA) is 71.2 Å². The van der Waals surface area contributed by atoms with Gasteiger partial charge in [-0.2, -0.15) is 10.4 Å². The molecule has 1 atom stereocenters. The van der Waals surface area contributed by atoms with E-state index >= 15 is 0 Å². The molecule has 1 aliphatic rings. The van der Waals surface area contributed by atoms with Crippen LogP contribution in [-0.4, -0.2) is 35.9 Å². The summed E-state index contributed by atoms with van der Waals surface area (Å²) in [6, 6.07) is 14.2. The van der Waals surface area contributed by atoms with Crippen LogP contribution in [0.3, 0.4) is 0 Å². The second-order valence-corrected chi connectivity index (χ2v) is 6.14. The third kappa shape index (κ3) is 4.23. The summed E-state index contributed by atoms with van der Waals surface area (Å²) in [5.41, 5.74) is 0.439. The summed E-state index contributed by atoms with van der Waals surface area (Å²) in [7, 11) is 1.37. The Morgan fingerprint density at radius 3 is 2.69 bits per heavy atom. The normalized spacial score (nSPS) is 18.6. The average molecular weight is 354 g/mol. The van der Waals surface area contributed by atoms with E-state index in [1.54, 1.807) is 0 Å². The molecule has 0 N–H and O–H groups in total. The number of nitriles is 1. The van der Waals surface area contributed by atoms with Gasteiger partial charge >= 0.3 is 5.97 Å². The van der Waals surface area contributed by atoms with Crippen molar-refractivity contribution in [1.82, 2.24) is 9.78 Å². The number of esters is 1. The van der Waals surface area contributed by atoms with Gasteiger partial charge in [0.25, 0.3) is 0 Å². The van der Waals surface area contributed by atoms with Crippen LogP contribution in [0.25, 0.3) is 0 Å². The van der Waals surface area contributed by atoms with E-state index in [2.05, 4.69) is 28.2 Å². The van der Waals surface area contributed by atoms with E-state index in [1.807, 2.05) is 49.0 Å². The van der Waals surface area contributed by atoms with Gasteiger partial charge in [0.15, 0.2) is 5.82 Å². The van der Waals surface area contributed by atoms with Crippen LogP contribution in [0.15, 0.2) is 42.6 Å². The molecule has 1 unspecified atom stereocenters. The number of benzene rings is 1. The predicted molar refractivity (Wildman–Crippen MR) is 101 cm³/mol. The van der Waals surface area contributed by atoms with Gasteiger partial charge in [-0.1, -0.05) is 44.2 Å². The van der Waals surface area contributed by atoms with Gasteiger partial charge in [-0.05, 0) is 12.0 Å². The van der Waals surface area contributed by atoms with Crippen molar-refractivity contribution in [1.29, 1.82) is 5.26 Å². The Kier molecular flexibility index (Phi) is 6.79. The lowest BCUT2D eigenvalue weighted by molar-refractivity contribution is -0.151. The zero-order valence-corrected chi connectivity index (χ0v) is 15.7. The van der Waals surface area contributed by atoms with Crippen LogP contribution in [0.1, 0.15) is 32.3 Å². The lowest BCUT2D eigenvalue weighted by Gasteiger charge is -2.23. The Balaban J connectivity index is 0.00000117. The van der Waals surface area contributed by atoms with Crippen LogP contribution in [-0.2, 0) is 16.1 Å². The molecule has 0 bridgehead atoms. The maximum absolute atomic E-state index is 12.1. The average Bonchev–Trinajstić information content (AvgIpc) is 3.32. The fraction of sp³-hybridized carbons (Fsp3) is 0.450. The maximum atomic E-state index is 12.1. The molecule has 6 heteroatoms. The van der Waals surface area contributed by atoms with E-state index < -0.39 is 5.41 Å². The highest BCUT2D eigenvalue weighted by molar-refractivity contribution is 5.79. The predicted octanol–water partition coefficient (Wildman–Crippen LogP) is 3.24. The number of methoxy groups -OCH3 is 1. The second-order valence-electron chi connectivity index (χ2n) is 6.14. The van der Waals surface area contributed by atoms with E-state index in [9.17, 15) is 4.79 Å². The summed E-state index contributed by atoms with van der Waals surface area (Å²) < 4.78 is 6.80. The van der Waals surface area contributed by atoms with Crippen molar-refractivity contribution in [3.63, 3.8) is 0 Å². The Hall–Kier alpha value is -2.81. The number of ether oxygens (including phenoxy) is 1. The van der Waals surface area contributed by atoms with Crippen LogP contribution in [0.5, 0.6) is 0 Å². The van der Waals surface area contributed by atoms with Gasteiger partial charge in [-0.3, -0.25) is 9.48 Å². The zero-order valence-electron chi connectivity index (χ0n) is 15.7. The summed E-state index contributed by atoms with van der Waals surface area (Å²) in [4.78, 5) is 14.2. The molecule has 2 aromatic rings. The molecule has 0 saturated carbocycles. The standard InChI is InChI=1S/C18H20N4O2.C2H6/c1-24-17(23)18(8-10-19)9-12-21(14-18)16-7-11-22(20-16)13-15-5-3-2-4-6-15;1-2/h2-7,11H,8-9,12-14H2,1H3;1-2H3. The third-order valence-electron chi connectivity index (χ3n) is 4.53. The summed E-state index contributed by atoms with van der Waals surface area (Å²) in [5, 5.41) is 13.7. The van der Waals surface area contributed by atoms with Crippen molar-refractivity contribution in [3.05, 3.63) is 48.2 Å². The summed E-state index contributed by atoms with van der Waals surface area (Å²) in [5.74, 6) is 0.518. The van der Waals surface area contributed by atoms with Crippen molar-refractivity contribution in [2.45, 2.75) is 33.2 Å². The summed E-state index contributed by atoms with van der Waals surface area (Å²) in [6.45, 7) is 5.86. The minimum atomic E-state index is -0.743. The monoisotopic (exact) mass is 354 g/mol. The van der Waals surface area contributed by atoms with Crippen molar-refractivity contribution in [2.24, 2.45) is 5.41 Å². The van der Waals surface area contributed by atoms with E-state index in [1.165, 1.54) is 12.7 Å². The Morgan fingerprint density at radius 1 is 1.31 bits per heavy atom. The first-order valence-electron chi connectivity index (χ1n) is 8.94. The van der Waals surface area contributed by atoms with Gasteiger partial charge < -0.3 is 9.64 Å². The molecule has 1 aliphatic heterocycles. The summed E-state index contributed by atoms with van der Waals surface area (Å²) >= 11 is 0. The quantitative estimate of drug-likeness (QED) is 0.771. The van der Waals surface area contributed by atoms with Crippen LogP contribution in [0.4, 0.5) is 5.82 Å². The van der Waals surface area contributed by atoms with Crippen molar-refractivity contribution in [3.8, 4) is 6.07 Å². The molecule has 0 radical (unpaired) electrons. The van der Waals surface area contributed by atoms with Gasteiger partial charge in [-0.25, -0.2) is 0 Å². The van der Waals surface area contributed by atoms with Crippen LogP contribution < -0.4 is 4.90 Å². The molecule has 1 fully saturated rings. The fourth-order valence-corrected chi connectivity index (χ4v) is 3.20. The molecule has 1 saturated heterocycles. The van der Waals surface area contributed by atoms with Crippen LogP contribution in [0.2, 0.25) is 0 Å². The zero-order chi connectivity index (χ0) is 19.0. The summed E-state index contributed by atoms with van der Waals surface area (Å²) in [6.07, 6.45) is 2.71. The van der Waals surface area contributed by atoms with E-state index in [0.29, 0.717) is 26.1 Å². The molecule has 2 heterocycles.